The zero-order chi connectivity index (χ0) is 19.2. The molecule has 0 aromatic rings. The van der Waals surface area contributed by atoms with Gasteiger partial charge in [-0.2, -0.15) is 5.26 Å². The third-order valence-electron chi connectivity index (χ3n) is 4.32. The predicted octanol–water partition coefficient (Wildman–Crippen LogP) is 1.74. The molecule has 0 saturated heterocycles. The van der Waals surface area contributed by atoms with E-state index in [0.29, 0.717) is 6.42 Å². The molecule has 0 aliphatic carbocycles. The molecule has 0 rings (SSSR count). The van der Waals surface area contributed by atoms with Gasteiger partial charge >= 0.3 is 17.6 Å². The van der Waals surface area contributed by atoms with E-state index in [2.05, 4.69) is 11.0 Å². The van der Waals surface area contributed by atoms with Crippen LogP contribution in [0.4, 0.5) is 0 Å². The van der Waals surface area contributed by atoms with E-state index in [4.69, 9.17) is 31.8 Å². The number of hydrogen-bond acceptors (Lipinski definition) is 8. The van der Waals surface area contributed by atoms with Gasteiger partial charge in [-0.15, -0.1) is 0 Å². The normalized spacial score (nSPS) is 12.6. The van der Waals surface area contributed by atoms with Gasteiger partial charge in [-0.3, -0.25) is 0 Å². The van der Waals surface area contributed by atoms with Crippen molar-refractivity contribution in [2.75, 3.05) is 62.3 Å². The maximum absolute atomic E-state index is 8.87. The minimum absolute atomic E-state index is 0.503. The minimum Gasteiger partial charge on any atom is -0.377 e. The summed E-state index contributed by atoms with van der Waals surface area (Å²) in [5, 5.41) is 8.87. The highest BCUT2D eigenvalue weighted by atomic mass is 28.4. The van der Waals surface area contributed by atoms with Gasteiger partial charge in [0.2, 0.25) is 0 Å². The smallest absolute Gasteiger partial charge is 0.377 e. The van der Waals surface area contributed by atoms with Crippen LogP contribution in [0.1, 0.15) is 19.3 Å². The van der Waals surface area contributed by atoms with Gasteiger partial charge < -0.3 is 31.5 Å². The summed E-state index contributed by atoms with van der Waals surface area (Å²) < 4.78 is 32.7. The molecule has 0 aliphatic heterocycles. The monoisotopic (exact) mass is 394 g/mol. The molecule has 148 valence electrons. The lowest BCUT2D eigenvalue weighted by Crippen LogP contribution is -2.44. The first kappa shape index (κ1) is 24.6. The first-order valence-corrected chi connectivity index (χ1v) is 12.3. The Hall–Kier alpha value is -0.356. The highest BCUT2D eigenvalue weighted by Crippen LogP contribution is 2.17. The average molecular weight is 395 g/mol. The Balaban J connectivity index is 4.48. The molecule has 0 heterocycles. The van der Waals surface area contributed by atoms with Crippen molar-refractivity contribution < 1.29 is 26.6 Å². The summed E-state index contributed by atoms with van der Waals surface area (Å²) in [6.45, 7) is 2.45. The maximum Gasteiger partial charge on any atom is 0.500 e. The Bertz CT molecular complexity index is 333. The molecule has 25 heavy (non-hydrogen) atoms. The predicted molar refractivity (Wildman–Crippen MR) is 99.1 cm³/mol. The van der Waals surface area contributed by atoms with E-state index < -0.39 is 17.6 Å². The lowest BCUT2D eigenvalue weighted by atomic mass is 10.3. The molecule has 0 saturated carbocycles. The summed E-state index contributed by atoms with van der Waals surface area (Å²) >= 11 is 0. The summed E-state index contributed by atoms with van der Waals surface area (Å²) in [6, 6.07) is 3.69. The Kier molecular flexibility index (Phi) is 13.6. The second kappa shape index (κ2) is 13.8. The van der Waals surface area contributed by atoms with Gasteiger partial charge in [0.1, 0.15) is 0 Å². The van der Waals surface area contributed by atoms with E-state index in [9.17, 15) is 0 Å². The largest absolute Gasteiger partial charge is 0.500 e. The fourth-order valence-electron chi connectivity index (χ4n) is 2.69. The Morgan fingerprint density at radius 1 is 0.680 bits per heavy atom. The van der Waals surface area contributed by atoms with Crippen LogP contribution in [0.25, 0.3) is 0 Å². The second-order valence-electron chi connectivity index (χ2n) is 5.55. The fourth-order valence-corrected chi connectivity index (χ4v) is 6.10. The molecule has 0 amide bonds. The lowest BCUT2D eigenvalue weighted by Gasteiger charge is -2.28. The van der Waals surface area contributed by atoms with Gasteiger partial charge in [0.25, 0.3) is 0 Å². The molecular weight excluding hydrogens is 360 g/mol. The summed E-state index contributed by atoms with van der Waals surface area (Å²) in [5.74, 6) is 0. The van der Waals surface area contributed by atoms with E-state index in [1.54, 1.807) is 42.7 Å². The van der Waals surface area contributed by atoms with Crippen LogP contribution in [0.5, 0.6) is 0 Å². The number of hydrogen-bond donors (Lipinski definition) is 0. The van der Waals surface area contributed by atoms with E-state index in [1.807, 2.05) is 0 Å². The van der Waals surface area contributed by atoms with E-state index >= 15 is 0 Å². The molecule has 10 heteroatoms. The minimum atomic E-state index is -2.54. The van der Waals surface area contributed by atoms with Crippen molar-refractivity contribution >= 4 is 17.6 Å². The number of rotatable bonds is 16. The standard InChI is InChI=1S/C15H34N2O6Si2/c1-18-24(19-2,20-3)14-8-12-17(11-7-10-16)13-9-15-25(21-4,22-5)23-6/h7-9,11-15H2,1-6H3. The topological polar surface area (TPSA) is 82.4 Å². The third-order valence-corrected chi connectivity index (χ3v) is 9.98. The average Bonchev–Trinajstić information content (AvgIpc) is 2.67. The van der Waals surface area contributed by atoms with Gasteiger partial charge in [-0.05, 0) is 25.9 Å². The van der Waals surface area contributed by atoms with Gasteiger partial charge in [0.15, 0.2) is 0 Å². The summed E-state index contributed by atoms with van der Waals surface area (Å²) in [7, 11) is 4.66. The molecule has 0 radical (unpaired) electrons. The van der Waals surface area contributed by atoms with Crippen molar-refractivity contribution in [3.63, 3.8) is 0 Å². The molecule has 0 N–H and O–H groups in total. The third kappa shape index (κ3) is 8.72. The zero-order valence-electron chi connectivity index (χ0n) is 16.5. The van der Waals surface area contributed by atoms with Gasteiger partial charge in [-0.25, -0.2) is 0 Å². The molecular formula is C15H34N2O6Si2. The van der Waals surface area contributed by atoms with Crippen molar-refractivity contribution in [1.82, 2.24) is 4.90 Å². The second-order valence-corrected chi connectivity index (χ2v) is 11.7. The van der Waals surface area contributed by atoms with Crippen molar-refractivity contribution in [2.24, 2.45) is 0 Å². The molecule has 0 aliphatic rings. The van der Waals surface area contributed by atoms with Gasteiger partial charge in [0.05, 0.1) is 6.07 Å². The van der Waals surface area contributed by atoms with Gasteiger partial charge in [-0.1, -0.05) is 0 Å². The quantitative estimate of drug-likeness (QED) is 0.366. The van der Waals surface area contributed by atoms with Crippen LogP contribution in [-0.4, -0.2) is 84.8 Å². The van der Waals surface area contributed by atoms with E-state index in [0.717, 1.165) is 44.6 Å². The van der Waals surface area contributed by atoms with E-state index in [-0.39, 0.29) is 0 Å². The molecule has 0 aromatic heterocycles. The first-order valence-electron chi connectivity index (χ1n) is 8.41. The molecule has 0 fully saturated rings. The van der Waals surface area contributed by atoms with Crippen molar-refractivity contribution in [2.45, 2.75) is 31.4 Å². The van der Waals surface area contributed by atoms with Crippen LogP contribution in [0.2, 0.25) is 12.1 Å². The zero-order valence-corrected chi connectivity index (χ0v) is 18.5. The Morgan fingerprint density at radius 3 is 1.32 bits per heavy atom. The Labute approximate surface area is 154 Å². The van der Waals surface area contributed by atoms with Crippen molar-refractivity contribution in [1.29, 1.82) is 5.26 Å². The highest BCUT2D eigenvalue weighted by Gasteiger charge is 2.38. The summed E-state index contributed by atoms with van der Waals surface area (Å²) in [5.41, 5.74) is 0. The molecule has 0 bridgehead atoms. The SMILES string of the molecule is CO[Si](CCCN(CCC#N)CCC[Si](OC)(OC)OC)(OC)OC. The fraction of sp³-hybridized carbons (Fsp3) is 0.933. The molecule has 0 aromatic carbocycles. The molecule has 8 nitrogen and oxygen atoms in total. The van der Waals surface area contributed by atoms with Crippen LogP contribution in [0, 0.1) is 11.3 Å². The Morgan fingerprint density at radius 2 is 1.04 bits per heavy atom. The number of nitriles is 1. The first-order chi connectivity index (χ1) is 12.0. The van der Waals surface area contributed by atoms with Crippen LogP contribution in [0.15, 0.2) is 0 Å². The molecule has 0 spiro atoms. The van der Waals surface area contributed by atoms with Crippen LogP contribution < -0.4 is 0 Å². The van der Waals surface area contributed by atoms with Crippen molar-refractivity contribution in [3.05, 3.63) is 0 Å². The molecule has 0 unspecified atom stereocenters. The number of nitrogens with zero attached hydrogens (tertiary/aromatic N) is 2. The van der Waals surface area contributed by atoms with Gasteiger partial charge in [0, 0.05) is 67.7 Å². The summed E-state index contributed by atoms with van der Waals surface area (Å²) in [6.07, 6.45) is 2.27. The molecule has 0 atom stereocenters. The van der Waals surface area contributed by atoms with Crippen LogP contribution in [-0.2, 0) is 26.6 Å². The maximum atomic E-state index is 8.87. The lowest BCUT2D eigenvalue weighted by molar-refractivity contribution is 0.119. The van der Waals surface area contributed by atoms with Crippen molar-refractivity contribution in [3.8, 4) is 6.07 Å². The highest BCUT2D eigenvalue weighted by molar-refractivity contribution is 6.60. The van der Waals surface area contributed by atoms with Crippen LogP contribution in [0.3, 0.4) is 0 Å². The van der Waals surface area contributed by atoms with Crippen LogP contribution >= 0.6 is 0 Å². The summed E-state index contributed by atoms with van der Waals surface area (Å²) in [4.78, 5) is 2.27. The van der Waals surface area contributed by atoms with E-state index in [1.165, 1.54) is 0 Å².